The molecule has 0 bridgehead atoms. The van der Waals surface area contributed by atoms with Crippen LogP contribution >= 0.6 is 0 Å². The van der Waals surface area contributed by atoms with E-state index in [2.05, 4.69) is 4.99 Å². The second kappa shape index (κ2) is 4.43. The molecule has 0 spiro atoms. The van der Waals surface area contributed by atoms with Crippen LogP contribution in [0, 0.1) is 0 Å². The zero-order valence-electron chi connectivity index (χ0n) is 8.35. The summed E-state index contributed by atoms with van der Waals surface area (Å²) in [5, 5.41) is 9.54. The minimum atomic E-state index is -0.662. The Labute approximate surface area is 85.8 Å². The van der Waals surface area contributed by atoms with Gasteiger partial charge in [0.05, 0.1) is 6.61 Å². The summed E-state index contributed by atoms with van der Waals surface area (Å²) in [4.78, 5) is 24.6. The van der Waals surface area contributed by atoms with E-state index in [1.807, 2.05) is 0 Å². The van der Waals surface area contributed by atoms with Gasteiger partial charge in [0, 0.05) is 13.2 Å². The largest absolute Gasteiger partial charge is 0.504 e. The van der Waals surface area contributed by atoms with E-state index in [0.717, 1.165) is 0 Å². The summed E-state index contributed by atoms with van der Waals surface area (Å²) in [6, 6.07) is 0. The van der Waals surface area contributed by atoms with Crippen molar-refractivity contribution in [3.63, 3.8) is 0 Å². The first-order valence-electron chi connectivity index (χ1n) is 4.25. The molecule has 1 heterocycles. The molecule has 0 atom stereocenters. The van der Waals surface area contributed by atoms with E-state index in [0.29, 0.717) is 0 Å². The summed E-state index contributed by atoms with van der Waals surface area (Å²) in [6.45, 7) is 1.86. The zero-order chi connectivity index (χ0) is 11.4. The molecule has 0 aliphatic carbocycles. The van der Waals surface area contributed by atoms with E-state index in [-0.39, 0.29) is 23.7 Å². The van der Waals surface area contributed by atoms with Gasteiger partial charge < -0.3 is 14.4 Å². The van der Waals surface area contributed by atoms with Gasteiger partial charge in [-0.25, -0.2) is 9.59 Å². The van der Waals surface area contributed by atoms with Gasteiger partial charge in [0.25, 0.3) is 0 Å². The number of ether oxygens (including phenoxy) is 1. The molecule has 0 saturated carbocycles. The molecule has 6 heteroatoms. The molecule has 0 radical (unpaired) electrons. The summed E-state index contributed by atoms with van der Waals surface area (Å²) >= 11 is 0. The molecule has 15 heavy (non-hydrogen) atoms. The van der Waals surface area contributed by atoms with Crippen LogP contribution in [0.3, 0.4) is 0 Å². The van der Waals surface area contributed by atoms with Crippen molar-refractivity contribution >= 4 is 17.7 Å². The Morgan fingerprint density at radius 2 is 2.40 bits per heavy atom. The highest BCUT2D eigenvalue weighted by Crippen LogP contribution is 2.31. The number of hydrogen-bond donors (Lipinski definition) is 1. The summed E-state index contributed by atoms with van der Waals surface area (Å²) in [7, 11) is 1.54. The molecule has 80 valence electrons. The summed E-state index contributed by atoms with van der Waals surface area (Å²) < 4.78 is 6.06. The third kappa shape index (κ3) is 2.05. The van der Waals surface area contributed by atoms with Crippen molar-refractivity contribution in [3.05, 3.63) is 11.9 Å². The number of esters is 1. The highest BCUT2D eigenvalue weighted by atomic mass is 16.5. The fraction of sp³-hybridized carbons (Fsp3) is 0.333. The third-order valence-corrected chi connectivity index (χ3v) is 1.77. The predicted molar refractivity (Wildman–Crippen MR) is 50.8 cm³/mol. The van der Waals surface area contributed by atoms with Crippen LogP contribution in [0.2, 0.25) is 0 Å². The highest BCUT2D eigenvalue weighted by molar-refractivity contribution is 5.93. The maximum atomic E-state index is 11.4. The van der Waals surface area contributed by atoms with Gasteiger partial charge in [0.2, 0.25) is 6.08 Å². The normalized spacial score (nSPS) is 9.47. The van der Waals surface area contributed by atoms with Crippen LogP contribution in [-0.2, 0) is 16.6 Å². The molecule has 0 unspecified atom stereocenters. The maximum absolute atomic E-state index is 11.4. The molecule has 0 aliphatic rings. The van der Waals surface area contributed by atoms with Crippen LogP contribution in [0.1, 0.15) is 17.4 Å². The number of nitrogens with zero attached hydrogens (tertiary/aromatic N) is 2. The van der Waals surface area contributed by atoms with Crippen LogP contribution in [0.5, 0.6) is 5.75 Å². The molecule has 1 aromatic rings. The predicted octanol–water partition coefficient (Wildman–Crippen LogP) is 0.875. The third-order valence-electron chi connectivity index (χ3n) is 1.77. The van der Waals surface area contributed by atoms with Crippen LogP contribution in [-0.4, -0.2) is 28.3 Å². The fourth-order valence-electron chi connectivity index (χ4n) is 1.17. The van der Waals surface area contributed by atoms with Crippen molar-refractivity contribution in [1.29, 1.82) is 0 Å². The molecule has 0 amide bonds. The molecule has 6 nitrogen and oxygen atoms in total. The Bertz CT molecular complexity index is 430. The minimum Gasteiger partial charge on any atom is -0.504 e. The number of aromatic nitrogens is 1. The van der Waals surface area contributed by atoms with Crippen LogP contribution in [0.25, 0.3) is 0 Å². The first-order chi connectivity index (χ1) is 7.11. The monoisotopic (exact) mass is 210 g/mol. The van der Waals surface area contributed by atoms with E-state index >= 15 is 0 Å². The molecular weight excluding hydrogens is 200 g/mol. The molecule has 0 aliphatic heterocycles. The topological polar surface area (TPSA) is 80.9 Å². The van der Waals surface area contributed by atoms with Gasteiger partial charge in [-0.1, -0.05) is 0 Å². The number of carbonyl (C=O) groups excluding carboxylic acids is 2. The number of aliphatic imine (C=N–C) groups is 1. The standard InChI is InChI=1S/C9H10N2O4/c1-3-15-9(14)7-8(13)6(10-5-12)4-11(7)2/h4,13H,3H2,1-2H3. The van der Waals surface area contributed by atoms with Crippen molar-refractivity contribution < 1.29 is 19.4 Å². The lowest BCUT2D eigenvalue weighted by Crippen LogP contribution is -2.09. The van der Waals surface area contributed by atoms with E-state index in [9.17, 15) is 14.7 Å². The Morgan fingerprint density at radius 3 is 2.93 bits per heavy atom. The summed E-state index contributed by atoms with van der Waals surface area (Å²) in [5.74, 6) is -1.04. The average molecular weight is 210 g/mol. The van der Waals surface area contributed by atoms with Crippen molar-refractivity contribution in [3.8, 4) is 5.75 Å². The van der Waals surface area contributed by atoms with Crippen molar-refractivity contribution in [2.24, 2.45) is 12.0 Å². The molecule has 1 rings (SSSR count). The molecule has 0 saturated heterocycles. The number of isocyanates is 1. The van der Waals surface area contributed by atoms with E-state index in [1.165, 1.54) is 23.9 Å². The zero-order valence-corrected chi connectivity index (χ0v) is 8.35. The van der Waals surface area contributed by atoms with Gasteiger partial charge in [-0.3, -0.25) is 0 Å². The van der Waals surface area contributed by atoms with Crippen LogP contribution in [0.15, 0.2) is 11.2 Å². The maximum Gasteiger partial charge on any atom is 0.358 e. The molecule has 1 N–H and O–H groups in total. The second-order valence-corrected chi connectivity index (χ2v) is 2.75. The van der Waals surface area contributed by atoms with Crippen molar-refractivity contribution in [2.45, 2.75) is 6.92 Å². The van der Waals surface area contributed by atoms with Crippen molar-refractivity contribution in [2.75, 3.05) is 6.61 Å². The minimum absolute atomic E-state index is 0.00412. The SMILES string of the molecule is CCOC(=O)c1c(O)c(N=C=O)cn1C. The quantitative estimate of drug-likeness (QED) is 0.456. The first kappa shape index (κ1) is 11.0. The smallest absolute Gasteiger partial charge is 0.358 e. The molecule has 0 fully saturated rings. The number of rotatable bonds is 3. The molecule has 1 aromatic heterocycles. The number of hydrogen-bond acceptors (Lipinski definition) is 5. The summed E-state index contributed by atoms with van der Waals surface area (Å²) in [5.41, 5.74) is -0.0404. The Kier molecular flexibility index (Phi) is 3.25. The first-order valence-corrected chi connectivity index (χ1v) is 4.25. The van der Waals surface area contributed by atoms with Crippen LogP contribution in [0.4, 0.5) is 5.69 Å². The lowest BCUT2D eigenvalue weighted by Gasteiger charge is -2.02. The van der Waals surface area contributed by atoms with Gasteiger partial charge in [0.15, 0.2) is 11.4 Å². The van der Waals surface area contributed by atoms with Gasteiger partial charge in [-0.05, 0) is 6.92 Å². The highest BCUT2D eigenvalue weighted by Gasteiger charge is 2.20. The number of aromatic hydroxyl groups is 1. The van der Waals surface area contributed by atoms with Crippen molar-refractivity contribution in [1.82, 2.24) is 4.57 Å². The second-order valence-electron chi connectivity index (χ2n) is 2.75. The van der Waals surface area contributed by atoms with Gasteiger partial charge >= 0.3 is 5.97 Å². The molecular formula is C9H10N2O4. The number of aryl methyl sites for hydroxylation is 1. The van der Waals surface area contributed by atoms with E-state index in [1.54, 1.807) is 6.92 Å². The lowest BCUT2D eigenvalue weighted by molar-refractivity contribution is 0.0512. The van der Waals surface area contributed by atoms with E-state index < -0.39 is 5.97 Å². The Balaban J connectivity index is 3.18. The van der Waals surface area contributed by atoms with Crippen LogP contribution < -0.4 is 0 Å². The van der Waals surface area contributed by atoms with Gasteiger partial charge in [0.1, 0.15) is 5.69 Å². The summed E-state index contributed by atoms with van der Waals surface area (Å²) in [6.07, 6.45) is 2.63. The van der Waals surface area contributed by atoms with E-state index in [4.69, 9.17) is 4.74 Å². The van der Waals surface area contributed by atoms with Gasteiger partial charge in [-0.2, -0.15) is 4.99 Å². The van der Waals surface area contributed by atoms with Gasteiger partial charge in [-0.15, -0.1) is 0 Å². The fourth-order valence-corrected chi connectivity index (χ4v) is 1.17. The average Bonchev–Trinajstić information content (AvgIpc) is 2.43. The Hall–Kier alpha value is -2.07. The molecule has 0 aromatic carbocycles. The number of carbonyl (C=O) groups is 1. The Morgan fingerprint density at radius 1 is 1.73 bits per heavy atom. The lowest BCUT2D eigenvalue weighted by atomic mass is 10.3.